The van der Waals surface area contributed by atoms with Crippen LogP contribution in [-0.2, 0) is 0 Å². The van der Waals surface area contributed by atoms with E-state index in [0.29, 0.717) is 6.07 Å². The molecule has 2 rings (SSSR count). The number of hydrogen-bond donors (Lipinski definition) is 6. The van der Waals surface area contributed by atoms with Gasteiger partial charge in [0.1, 0.15) is 23.8 Å². The summed E-state index contributed by atoms with van der Waals surface area (Å²) in [4.78, 5) is 16.3. The van der Waals surface area contributed by atoms with Crippen molar-refractivity contribution in [1.29, 1.82) is 0 Å². The molecule has 0 saturated carbocycles. The Morgan fingerprint density at radius 3 is 2.48 bits per heavy atom. The van der Waals surface area contributed by atoms with Gasteiger partial charge in [0, 0.05) is 25.1 Å². The molecule has 0 aliphatic rings. The number of aromatic nitrogens is 1. The van der Waals surface area contributed by atoms with Gasteiger partial charge >= 0.3 is 0 Å². The molecule has 1 aromatic heterocycles. The standard InChI is InChI=1S/C18H22F2N2O6S/c1-8(7-23)14(25)17(28)16(27)12(24)5-21-18-22-6-13(29-18)15(26)10-3-2-9(19)4-11(10)20/h2-4,6,8,12,14,16-17,23-25,27-28H,5,7H2,1H3,(H,21,22). The Bertz CT molecular complexity index is 836. The number of ketones is 1. The molecule has 5 unspecified atom stereocenters. The fourth-order valence-corrected chi connectivity index (χ4v) is 3.23. The molecule has 0 fully saturated rings. The second-order valence-electron chi connectivity index (χ2n) is 6.56. The number of anilines is 1. The molecule has 6 N–H and O–H groups in total. The van der Waals surface area contributed by atoms with Crippen LogP contribution in [0.3, 0.4) is 0 Å². The van der Waals surface area contributed by atoms with E-state index in [2.05, 4.69) is 10.3 Å². The Balaban J connectivity index is 1.97. The topological polar surface area (TPSA) is 143 Å². The monoisotopic (exact) mass is 432 g/mol. The summed E-state index contributed by atoms with van der Waals surface area (Å²) in [5.74, 6) is -3.20. The number of nitrogens with zero attached hydrogens (tertiary/aromatic N) is 1. The van der Waals surface area contributed by atoms with Crippen LogP contribution >= 0.6 is 11.3 Å². The lowest BCUT2D eigenvalue weighted by molar-refractivity contribution is -0.118. The van der Waals surface area contributed by atoms with Crippen LogP contribution in [0, 0.1) is 17.6 Å². The van der Waals surface area contributed by atoms with E-state index in [4.69, 9.17) is 5.11 Å². The zero-order valence-corrected chi connectivity index (χ0v) is 16.2. The molecule has 0 aliphatic heterocycles. The lowest BCUT2D eigenvalue weighted by atomic mass is 9.94. The van der Waals surface area contributed by atoms with Gasteiger partial charge in [-0.25, -0.2) is 13.8 Å². The van der Waals surface area contributed by atoms with Crippen molar-refractivity contribution in [2.45, 2.75) is 31.3 Å². The van der Waals surface area contributed by atoms with Crippen molar-refractivity contribution < 1.29 is 39.1 Å². The number of hydrogen-bond acceptors (Lipinski definition) is 9. The zero-order valence-electron chi connectivity index (χ0n) is 15.4. The Hall–Kier alpha value is -2.02. The van der Waals surface area contributed by atoms with Crippen molar-refractivity contribution in [1.82, 2.24) is 4.98 Å². The van der Waals surface area contributed by atoms with Crippen LogP contribution in [-0.4, -0.2) is 73.9 Å². The highest BCUT2D eigenvalue weighted by Gasteiger charge is 2.33. The third-order valence-electron chi connectivity index (χ3n) is 4.33. The second-order valence-corrected chi connectivity index (χ2v) is 7.59. The largest absolute Gasteiger partial charge is 0.396 e. The number of benzene rings is 1. The molecule has 0 radical (unpaired) electrons. The van der Waals surface area contributed by atoms with E-state index in [1.807, 2.05) is 0 Å². The quantitative estimate of drug-likeness (QED) is 0.291. The first-order chi connectivity index (χ1) is 13.6. The molecule has 29 heavy (non-hydrogen) atoms. The number of rotatable bonds is 10. The van der Waals surface area contributed by atoms with Crippen molar-refractivity contribution in [3.8, 4) is 0 Å². The summed E-state index contributed by atoms with van der Waals surface area (Å²) in [6.07, 6.45) is -5.16. The highest BCUT2D eigenvalue weighted by atomic mass is 32.1. The maximum absolute atomic E-state index is 13.7. The first-order valence-electron chi connectivity index (χ1n) is 8.68. The minimum absolute atomic E-state index is 0.0697. The number of aliphatic hydroxyl groups is 5. The Morgan fingerprint density at radius 2 is 1.86 bits per heavy atom. The molecule has 0 amide bonds. The molecule has 1 aromatic carbocycles. The van der Waals surface area contributed by atoms with Crippen molar-refractivity contribution in [3.05, 3.63) is 46.5 Å². The summed E-state index contributed by atoms with van der Waals surface area (Å²) in [6, 6.07) is 2.59. The number of halogens is 2. The molecular weight excluding hydrogens is 410 g/mol. The van der Waals surface area contributed by atoms with Gasteiger partial charge < -0.3 is 30.8 Å². The van der Waals surface area contributed by atoms with E-state index in [-0.39, 0.29) is 22.1 Å². The van der Waals surface area contributed by atoms with Crippen LogP contribution in [0.4, 0.5) is 13.9 Å². The summed E-state index contributed by atoms with van der Waals surface area (Å²) < 4.78 is 26.7. The van der Waals surface area contributed by atoms with Gasteiger partial charge in [-0.2, -0.15) is 0 Å². The van der Waals surface area contributed by atoms with Gasteiger partial charge in [0.25, 0.3) is 0 Å². The normalized spacial score (nSPS) is 16.7. The van der Waals surface area contributed by atoms with E-state index < -0.39 is 54.4 Å². The number of carbonyl (C=O) groups excluding carboxylic acids is 1. The molecule has 0 saturated heterocycles. The van der Waals surface area contributed by atoms with Crippen LogP contribution in [0.2, 0.25) is 0 Å². The van der Waals surface area contributed by atoms with Gasteiger partial charge in [0.2, 0.25) is 5.78 Å². The number of nitrogens with one attached hydrogen (secondary N) is 1. The fourth-order valence-electron chi connectivity index (χ4n) is 2.45. The third-order valence-corrected chi connectivity index (χ3v) is 5.29. The maximum atomic E-state index is 13.7. The summed E-state index contributed by atoms with van der Waals surface area (Å²) in [5.41, 5.74) is -0.313. The Labute approximate surface area is 169 Å². The van der Waals surface area contributed by atoms with Crippen LogP contribution < -0.4 is 5.32 Å². The summed E-state index contributed by atoms with van der Waals surface area (Å²) >= 11 is 0.856. The highest BCUT2D eigenvalue weighted by molar-refractivity contribution is 7.17. The Kier molecular flexibility index (Phi) is 8.14. The van der Waals surface area contributed by atoms with E-state index >= 15 is 0 Å². The number of carbonyl (C=O) groups is 1. The van der Waals surface area contributed by atoms with Crippen molar-refractivity contribution in [2.24, 2.45) is 5.92 Å². The van der Waals surface area contributed by atoms with Gasteiger partial charge in [0.15, 0.2) is 5.13 Å². The summed E-state index contributed by atoms with van der Waals surface area (Å²) in [6.45, 7) is 0.775. The van der Waals surface area contributed by atoms with Gasteiger partial charge in [-0.05, 0) is 12.1 Å². The molecular formula is C18H22F2N2O6S. The van der Waals surface area contributed by atoms with Gasteiger partial charge in [-0.15, -0.1) is 0 Å². The van der Waals surface area contributed by atoms with Crippen molar-refractivity contribution in [3.63, 3.8) is 0 Å². The molecule has 8 nitrogen and oxygen atoms in total. The molecule has 11 heteroatoms. The lowest BCUT2D eigenvalue weighted by Crippen LogP contribution is -2.49. The summed E-state index contributed by atoms with van der Waals surface area (Å²) in [7, 11) is 0. The average Bonchev–Trinajstić information content (AvgIpc) is 3.18. The summed E-state index contributed by atoms with van der Waals surface area (Å²) in [5, 5.41) is 51.4. The van der Waals surface area contributed by atoms with E-state index in [1.54, 1.807) is 0 Å². The predicted molar refractivity (Wildman–Crippen MR) is 101 cm³/mol. The van der Waals surface area contributed by atoms with Gasteiger partial charge in [-0.1, -0.05) is 18.3 Å². The minimum Gasteiger partial charge on any atom is -0.396 e. The molecule has 5 atom stereocenters. The molecule has 1 heterocycles. The van der Waals surface area contributed by atoms with Crippen LogP contribution in [0.25, 0.3) is 0 Å². The number of thiazole rings is 1. The van der Waals surface area contributed by atoms with E-state index in [9.17, 15) is 34.0 Å². The van der Waals surface area contributed by atoms with Crippen LogP contribution in [0.1, 0.15) is 22.2 Å². The van der Waals surface area contributed by atoms with Gasteiger partial charge in [-0.3, -0.25) is 4.79 Å². The minimum atomic E-state index is -1.71. The molecule has 2 aromatic rings. The SMILES string of the molecule is CC(CO)C(O)C(O)C(O)C(O)CNc1ncc(C(=O)c2ccc(F)cc2F)s1. The first kappa shape index (κ1) is 23.3. The van der Waals surface area contributed by atoms with Gasteiger partial charge in [0.05, 0.1) is 28.8 Å². The van der Waals surface area contributed by atoms with E-state index in [1.165, 1.54) is 13.1 Å². The molecule has 0 bridgehead atoms. The second kappa shape index (κ2) is 10.1. The molecule has 160 valence electrons. The first-order valence-corrected chi connectivity index (χ1v) is 9.50. The Morgan fingerprint density at radius 1 is 1.17 bits per heavy atom. The smallest absolute Gasteiger partial charge is 0.207 e. The zero-order chi connectivity index (χ0) is 21.7. The van der Waals surface area contributed by atoms with Crippen LogP contribution in [0.5, 0.6) is 0 Å². The van der Waals surface area contributed by atoms with Crippen molar-refractivity contribution >= 4 is 22.3 Å². The highest BCUT2D eigenvalue weighted by Crippen LogP contribution is 2.23. The van der Waals surface area contributed by atoms with E-state index in [0.717, 1.165) is 23.5 Å². The predicted octanol–water partition coefficient (Wildman–Crippen LogP) is 0.136. The lowest BCUT2D eigenvalue weighted by Gasteiger charge is -2.29. The fraction of sp³-hybridized carbons (Fsp3) is 0.444. The third kappa shape index (κ3) is 5.75. The van der Waals surface area contributed by atoms with Crippen molar-refractivity contribution in [2.75, 3.05) is 18.5 Å². The number of aliphatic hydroxyl groups excluding tert-OH is 5. The maximum Gasteiger partial charge on any atom is 0.207 e. The molecule has 0 spiro atoms. The average molecular weight is 432 g/mol. The molecule has 0 aliphatic carbocycles. The van der Waals surface area contributed by atoms with Crippen LogP contribution in [0.15, 0.2) is 24.4 Å².